The number of aromatic nitrogens is 5. The molecule has 0 aliphatic rings. The van der Waals surface area contributed by atoms with Gasteiger partial charge in [-0.15, -0.1) is 0 Å². The molecule has 0 aliphatic carbocycles. The number of rotatable bonds is 3. The van der Waals surface area contributed by atoms with Crippen molar-refractivity contribution in [1.82, 2.24) is 24.7 Å². The molecular formula is C22H11Cl2F3N6O2. The van der Waals surface area contributed by atoms with E-state index in [1.807, 2.05) is 0 Å². The van der Waals surface area contributed by atoms with E-state index >= 15 is 0 Å². The van der Waals surface area contributed by atoms with E-state index < -0.39 is 28.9 Å². The van der Waals surface area contributed by atoms with E-state index in [4.69, 9.17) is 23.2 Å². The average Bonchev–Trinajstić information content (AvgIpc) is 3.25. The fourth-order valence-electron chi connectivity index (χ4n) is 3.68. The van der Waals surface area contributed by atoms with Crippen LogP contribution in [0.1, 0.15) is 16.1 Å². The molecule has 0 atom stereocenters. The molecule has 35 heavy (non-hydrogen) atoms. The Balaban J connectivity index is 1.59. The van der Waals surface area contributed by atoms with E-state index in [-0.39, 0.29) is 32.5 Å². The van der Waals surface area contributed by atoms with Crippen LogP contribution >= 0.6 is 23.2 Å². The van der Waals surface area contributed by atoms with Gasteiger partial charge in [0.05, 0.1) is 34.8 Å². The molecule has 176 valence electrons. The number of pyridine rings is 3. The standard InChI is InChI=1S/C22H11Cl2F3N6O2/c23-17-7-15-13(19(24)32-17)6-10(8-29-15)31-21(35)14-9-30-33(18(14)22(25,26)27)16-3-1-2-12-11(16)4-5-28-20(12)34/h1-9H,(H,28,34)(H,31,35). The van der Waals surface area contributed by atoms with Crippen LogP contribution in [0.2, 0.25) is 10.3 Å². The van der Waals surface area contributed by atoms with E-state index in [9.17, 15) is 22.8 Å². The Morgan fingerprint density at radius 2 is 1.86 bits per heavy atom. The summed E-state index contributed by atoms with van der Waals surface area (Å²) in [6, 6.07) is 8.61. The summed E-state index contributed by atoms with van der Waals surface area (Å²) >= 11 is 11.9. The molecule has 13 heteroatoms. The number of aromatic amines is 1. The van der Waals surface area contributed by atoms with Crippen LogP contribution in [0.5, 0.6) is 0 Å². The minimum absolute atomic E-state index is 0.0120. The summed E-state index contributed by atoms with van der Waals surface area (Å²) < 4.78 is 43.0. The molecule has 8 nitrogen and oxygen atoms in total. The quantitative estimate of drug-likeness (QED) is 0.318. The number of halogens is 5. The van der Waals surface area contributed by atoms with Crippen molar-refractivity contribution in [2.75, 3.05) is 5.32 Å². The first kappa shape index (κ1) is 22.8. The summed E-state index contributed by atoms with van der Waals surface area (Å²) in [6.07, 6.45) is -1.56. The molecule has 5 aromatic rings. The first-order valence-electron chi connectivity index (χ1n) is 9.82. The minimum Gasteiger partial charge on any atom is -0.329 e. The van der Waals surface area contributed by atoms with Crippen LogP contribution in [-0.4, -0.2) is 30.6 Å². The van der Waals surface area contributed by atoms with Crippen molar-refractivity contribution in [1.29, 1.82) is 0 Å². The highest BCUT2D eigenvalue weighted by Crippen LogP contribution is 2.35. The predicted molar refractivity (Wildman–Crippen MR) is 124 cm³/mol. The molecule has 2 N–H and O–H groups in total. The third-order valence-corrected chi connectivity index (χ3v) is 5.64. The monoisotopic (exact) mass is 518 g/mol. The van der Waals surface area contributed by atoms with Crippen molar-refractivity contribution >= 4 is 56.5 Å². The Morgan fingerprint density at radius 1 is 1.06 bits per heavy atom. The van der Waals surface area contributed by atoms with Gasteiger partial charge in [0.15, 0.2) is 5.69 Å². The number of alkyl halides is 3. The Morgan fingerprint density at radius 3 is 2.63 bits per heavy atom. The summed E-state index contributed by atoms with van der Waals surface area (Å²) in [5.41, 5.74) is -2.03. The zero-order valence-electron chi connectivity index (χ0n) is 17.2. The van der Waals surface area contributed by atoms with Crippen molar-refractivity contribution in [2.24, 2.45) is 0 Å². The topological polar surface area (TPSA) is 106 Å². The van der Waals surface area contributed by atoms with Crippen LogP contribution in [0, 0.1) is 0 Å². The molecular weight excluding hydrogens is 508 g/mol. The maximum absolute atomic E-state index is 14.1. The van der Waals surface area contributed by atoms with Gasteiger partial charge in [0.1, 0.15) is 10.3 Å². The zero-order valence-corrected chi connectivity index (χ0v) is 18.7. The average molecular weight is 519 g/mol. The second kappa shape index (κ2) is 8.36. The lowest BCUT2D eigenvalue weighted by atomic mass is 10.1. The molecule has 1 amide bonds. The SMILES string of the molecule is O=C(Nc1cnc2cc(Cl)nc(Cl)c2c1)c1cnn(-c2cccc3c(=O)[nH]ccc23)c1C(F)(F)F. The van der Waals surface area contributed by atoms with Gasteiger partial charge in [0.2, 0.25) is 0 Å². The van der Waals surface area contributed by atoms with Crippen LogP contribution in [0.4, 0.5) is 18.9 Å². The highest BCUT2D eigenvalue weighted by molar-refractivity contribution is 6.36. The lowest BCUT2D eigenvalue weighted by Crippen LogP contribution is -2.21. The van der Waals surface area contributed by atoms with Gasteiger partial charge < -0.3 is 10.3 Å². The molecule has 0 saturated heterocycles. The van der Waals surface area contributed by atoms with E-state index in [1.54, 1.807) is 0 Å². The van der Waals surface area contributed by atoms with Crippen LogP contribution in [0.25, 0.3) is 27.4 Å². The smallest absolute Gasteiger partial charge is 0.329 e. The minimum atomic E-state index is -4.95. The van der Waals surface area contributed by atoms with Crippen molar-refractivity contribution in [3.63, 3.8) is 0 Å². The van der Waals surface area contributed by atoms with Gasteiger partial charge in [-0.05, 0) is 24.3 Å². The van der Waals surface area contributed by atoms with Crippen molar-refractivity contribution in [2.45, 2.75) is 6.18 Å². The summed E-state index contributed by atoms with van der Waals surface area (Å²) in [5.74, 6) is -1.07. The summed E-state index contributed by atoms with van der Waals surface area (Å²) in [4.78, 5) is 35.5. The molecule has 4 heterocycles. The number of hydrogen-bond acceptors (Lipinski definition) is 5. The second-order valence-electron chi connectivity index (χ2n) is 7.34. The van der Waals surface area contributed by atoms with Gasteiger partial charge in [-0.2, -0.15) is 18.3 Å². The van der Waals surface area contributed by atoms with E-state index in [0.29, 0.717) is 15.6 Å². The Kier molecular flexibility index (Phi) is 5.45. The molecule has 5 rings (SSSR count). The van der Waals surface area contributed by atoms with Gasteiger partial charge in [-0.1, -0.05) is 29.3 Å². The third-order valence-electron chi connectivity index (χ3n) is 5.16. The maximum atomic E-state index is 14.1. The maximum Gasteiger partial charge on any atom is 0.434 e. The van der Waals surface area contributed by atoms with Crippen molar-refractivity contribution in [3.8, 4) is 5.69 Å². The number of benzene rings is 1. The van der Waals surface area contributed by atoms with Crippen LogP contribution in [-0.2, 0) is 6.18 Å². The van der Waals surface area contributed by atoms with Gasteiger partial charge in [-0.3, -0.25) is 14.6 Å². The Bertz CT molecular complexity index is 1700. The number of anilines is 1. The van der Waals surface area contributed by atoms with Gasteiger partial charge >= 0.3 is 6.18 Å². The largest absolute Gasteiger partial charge is 0.434 e. The molecule has 0 bridgehead atoms. The van der Waals surface area contributed by atoms with Crippen LogP contribution in [0.15, 0.2) is 59.8 Å². The molecule has 0 saturated carbocycles. The first-order valence-corrected chi connectivity index (χ1v) is 10.6. The fraction of sp³-hybridized carbons (Fsp3) is 0.0455. The van der Waals surface area contributed by atoms with Gasteiger partial charge in [0, 0.05) is 28.4 Å². The van der Waals surface area contributed by atoms with Crippen molar-refractivity contribution in [3.05, 3.63) is 86.9 Å². The molecule has 4 aromatic heterocycles. The summed E-state index contributed by atoms with van der Waals surface area (Å²) in [7, 11) is 0. The summed E-state index contributed by atoms with van der Waals surface area (Å²) in [5, 5.41) is 7.11. The van der Waals surface area contributed by atoms with Gasteiger partial charge in [0.25, 0.3) is 11.5 Å². The highest BCUT2D eigenvalue weighted by atomic mass is 35.5. The third kappa shape index (κ3) is 4.08. The number of carbonyl (C=O) groups is 1. The lowest BCUT2D eigenvalue weighted by molar-refractivity contribution is -0.143. The van der Waals surface area contributed by atoms with E-state index in [1.165, 1.54) is 48.8 Å². The Labute approximate surface area is 203 Å². The molecule has 0 radical (unpaired) electrons. The summed E-state index contributed by atoms with van der Waals surface area (Å²) in [6.45, 7) is 0. The molecule has 0 unspecified atom stereocenters. The second-order valence-corrected chi connectivity index (χ2v) is 8.09. The number of amides is 1. The number of carbonyl (C=O) groups excluding carboxylic acids is 1. The molecule has 0 aliphatic heterocycles. The fourth-order valence-corrected chi connectivity index (χ4v) is 4.15. The number of nitrogens with one attached hydrogen (secondary N) is 2. The number of hydrogen-bond donors (Lipinski definition) is 2. The van der Waals surface area contributed by atoms with E-state index in [2.05, 4.69) is 25.4 Å². The number of fused-ring (bicyclic) bond motifs is 2. The Hall–Kier alpha value is -3.96. The van der Waals surface area contributed by atoms with Crippen LogP contribution in [0.3, 0.4) is 0 Å². The molecule has 0 spiro atoms. The normalized spacial score (nSPS) is 11.8. The van der Waals surface area contributed by atoms with Crippen molar-refractivity contribution < 1.29 is 18.0 Å². The zero-order chi connectivity index (χ0) is 24.9. The lowest BCUT2D eigenvalue weighted by Gasteiger charge is -2.14. The number of H-pyrrole nitrogens is 1. The highest BCUT2D eigenvalue weighted by Gasteiger charge is 2.41. The molecule has 0 fully saturated rings. The first-order chi connectivity index (χ1) is 16.6. The predicted octanol–water partition coefficient (Wildman–Crippen LogP) is 5.23. The van der Waals surface area contributed by atoms with Crippen LogP contribution < -0.4 is 10.9 Å². The number of nitrogens with zero attached hydrogens (tertiary/aromatic N) is 4. The molecule has 1 aromatic carbocycles. The van der Waals surface area contributed by atoms with Gasteiger partial charge in [-0.25, -0.2) is 9.67 Å². The van der Waals surface area contributed by atoms with E-state index in [0.717, 1.165) is 6.20 Å².